The van der Waals surface area contributed by atoms with Gasteiger partial charge in [-0.1, -0.05) is 6.07 Å². The topological polar surface area (TPSA) is 74.3 Å². The zero-order valence-corrected chi connectivity index (χ0v) is 13.1. The number of nitrogens with one attached hydrogen (secondary N) is 2. The van der Waals surface area contributed by atoms with Crippen LogP contribution in [-0.4, -0.2) is 55.4 Å². The molecule has 0 saturated carbocycles. The lowest BCUT2D eigenvalue weighted by atomic mass is 10.3. The van der Waals surface area contributed by atoms with Crippen LogP contribution in [0.4, 0.5) is 0 Å². The molecule has 114 valence electrons. The Morgan fingerprint density at radius 3 is 2.55 bits per heavy atom. The minimum atomic E-state index is -0.342. The van der Waals surface area contributed by atoms with E-state index in [9.17, 15) is 9.59 Å². The van der Waals surface area contributed by atoms with Crippen LogP contribution in [0, 0.1) is 0 Å². The quantitative estimate of drug-likeness (QED) is 0.791. The predicted molar refractivity (Wildman–Crippen MR) is 82.6 cm³/mol. The molecular formula is C12H20Cl2N4O2. The summed E-state index contributed by atoms with van der Waals surface area (Å²) in [6.07, 6.45) is 1.54. The van der Waals surface area contributed by atoms with Crippen LogP contribution in [0.5, 0.6) is 0 Å². The van der Waals surface area contributed by atoms with Crippen LogP contribution in [0.15, 0.2) is 24.4 Å². The molecule has 0 aliphatic rings. The molecule has 1 aromatic rings. The number of hydrogen-bond acceptors (Lipinski definition) is 4. The fraction of sp³-hybridized carbons (Fsp3) is 0.417. The lowest BCUT2D eigenvalue weighted by molar-refractivity contribution is -0.128. The molecule has 0 fully saturated rings. The van der Waals surface area contributed by atoms with Crippen LogP contribution in [0.25, 0.3) is 0 Å². The van der Waals surface area contributed by atoms with E-state index in [0.717, 1.165) is 6.54 Å². The highest BCUT2D eigenvalue weighted by molar-refractivity contribution is 5.94. The molecule has 8 heteroatoms. The highest BCUT2D eigenvalue weighted by Crippen LogP contribution is 1.92. The first-order chi connectivity index (χ1) is 8.65. The Kier molecular flexibility index (Phi) is 12.0. The molecule has 2 amide bonds. The standard InChI is InChI=1S/C12H18N4O2.2ClH/c1-13-7-8-16(2)11(17)9-15-12(18)10-5-3-4-6-14-10;;/h3-6,13H,7-9H2,1-2H3,(H,15,18);2*1H. The summed E-state index contributed by atoms with van der Waals surface area (Å²) < 4.78 is 0. The molecule has 0 aromatic carbocycles. The van der Waals surface area contributed by atoms with Gasteiger partial charge in [0.2, 0.25) is 5.91 Å². The van der Waals surface area contributed by atoms with Crippen LogP contribution in [0.2, 0.25) is 0 Å². The van der Waals surface area contributed by atoms with Crippen molar-refractivity contribution >= 4 is 36.6 Å². The molecule has 0 bridgehead atoms. The number of halogens is 2. The van der Waals surface area contributed by atoms with Crippen molar-refractivity contribution < 1.29 is 9.59 Å². The lowest BCUT2D eigenvalue weighted by Gasteiger charge is -2.16. The Labute approximate surface area is 131 Å². The van der Waals surface area contributed by atoms with Gasteiger partial charge >= 0.3 is 0 Å². The number of pyridine rings is 1. The summed E-state index contributed by atoms with van der Waals surface area (Å²) in [5.41, 5.74) is 0.308. The second-order valence-corrected chi connectivity index (χ2v) is 3.82. The molecule has 0 radical (unpaired) electrons. The number of rotatable bonds is 6. The highest BCUT2D eigenvalue weighted by atomic mass is 35.5. The molecular weight excluding hydrogens is 303 g/mol. The van der Waals surface area contributed by atoms with Gasteiger partial charge in [0.1, 0.15) is 5.69 Å². The number of carbonyl (C=O) groups excluding carboxylic acids is 2. The average molecular weight is 323 g/mol. The fourth-order valence-electron chi connectivity index (χ4n) is 1.28. The third-order valence-corrected chi connectivity index (χ3v) is 2.42. The molecule has 20 heavy (non-hydrogen) atoms. The van der Waals surface area contributed by atoms with E-state index in [1.165, 1.54) is 6.20 Å². The van der Waals surface area contributed by atoms with Gasteiger partial charge in [0, 0.05) is 26.3 Å². The van der Waals surface area contributed by atoms with Gasteiger partial charge in [-0.15, -0.1) is 24.8 Å². The normalized spacial score (nSPS) is 8.90. The molecule has 0 aliphatic heterocycles. The van der Waals surface area contributed by atoms with E-state index in [1.54, 1.807) is 30.1 Å². The molecule has 1 rings (SSSR count). The van der Waals surface area contributed by atoms with Gasteiger partial charge in [-0.3, -0.25) is 14.6 Å². The highest BCUT2D eigenvalue weighted by Gasteiger charge is 2.11. The van der Waals surface area contributed by atoms with Gasteiger partial charge in [0.05, 0.1) is 6.54 Å². The predicted octanol–water partition coefficient (Wildman–Crippen LogP) is 0.333. The van der Waals surface area contributed by atoms with Crippen molar-refractivity contribution in [3.63, 3.8) is 0 Å². The molecule has 0 spiro atoms. The smallest absolute Gasteiger partial charge is 0.270 e. The van der Waals surface area contributed by atoms with Crippen molar-refractivity contribution in [2.45, 2.75) is 0 Å². The van der Waals surface area contributed by atoms with Crippen LogP contribution in [-0.2, 0) is 4.79 Å². The van der Waals surface area contributed by atoms with Crippen molar-refractivity contribution in [3.8, 4) is 0 Å². The summed E-state index contributed by atoms with van der Waals surface area (Å²) in [5, 5.41) is 5.50. The zero-order chi connectivity index (χ0) is 13.4. The van der Waals surface area contributed by atoms with Crippen molar-refractivity contribution in [2.75, 3.05) is 33.7 Å². The number of hydrogen-bond donors (Lipinski definition) is 2. The first-order valence-electron chi connectivity index (χ1n) is 5.73. The molecule has 0 aliphatic carbocycles. The summed E-state index contributed by atoms with van der Waals surface area (Å²) in [6.45, 7) is 1.31. The Balaban J connectivity index is 0. The lowest BCUT2D eigenvalue weighted by Crippen LogP contribution is -2.40. The van der Waals surface area contributed by atoms with E-state index in [0.29, 0.717) is 12.2 Å². The zero-order valence-electron chi connectivity index (χ0n) is 11.5. The van der Waals surface area contributed by atoms with Crippen molar-refractivity contribution in [2.24, 2.45) is 0 Å². The summed E-state index contributed by atoms with van der Waals surface area (Å²) in [7, 11) is 3.52. The molecule has 0 atom stereocenters. The number of amides is 2. The Morgan fingerprint density at radius 1 is 1.30 bits per heavy atom. The Morgan fingerprint density at radius 2 is 2.00 bits per heavy atom. The van der Waals surface area contributed by atoms with Gasteiger partial charge in [-0.2, -0.15) is 0 Å². The van der Waals surface area contributed by atoms with Gasteiger partial charge in [0.15, 0.2) is 0 Å². The maximum atomic E-state index is 11.6. The molecule has 0 unspecified atom stereocenters. The number of carbonyl (C=O) groups is 2. The molecule has 6 nitrogen and oxygen atoms in total. The summed E-state index contributed by atoms with van der Waals surface area (Å²) in [5.74, 6) is -0.472. The van der Waals surface area contributed by atoms with E-state index < -0.39 is 0 Å². The van der Waals surface area contributed by atoms with E-state index in [-0.39, 0.29) is 43.2 Å². The Bertz CT molecular complexity index is 404. The number of likely N-dealkylation sites (N-methyl/N-ethyl adjacent to an activating group) is 2. The van der Waals surface area contributed by atoms with E-state index in [4.69, 9.17) is 0 Å². The van der Waals surface area contributed by atoms with Crippen LogP contribution in [0.1, 0.15) is 10.5 Å². The van der Waals surface area contributed by atoms with Crippen molar-refractivity contribution in [1.82, 2.24) is 20.5 Å². The van der Waals surface area contributed by atoms with Gasteiger partial charge in [-0.05, 0) is 19.2 Å². The van der Waals surface area contributed by atoms with Crippen LogP contribution in [0.3, 0.4) is 0 Å². The number of nitrogens with zero attached hydrogens (tertiary/aromatic N) is 2. The van der Waals surface area contributed by atoms with E-state index >= 15 is 0 Å². The minimum Gasteiger partial charge on any atom is -0.343 e. The van der Waals surface area contributed by atoms with Gasteiger partial charge < -0.3 is 15.5 Å². The van der Waals surface area contributed by atoms with Crippen LogP contribution < -0.4 is 10.6 Å². The number of aromatic nitrogens is 1. The molecule has 1 heterocycles. The maximum Gasteiger partial charge on any atom is 0.270 e. The third-order valence-electron chi connectivity index (χ3n) is 2.42. The minimum absolute atomic E-state index is 0. The maximum absolute atomic E-state index is 11.6. The van der Waals surface area contributed by atoms with Crippen LogP contribution >= 0.6 is 24.8 Å². The second kappa shape index (κ2) is 11.5. The first-order valence-corrected chi connectivity index (χ1v) is 5.73. The SMILES string of the molecule is CNCCN(C)C(=O)CNC(=O)c1ccccn1.Cl.Cl. The van der Waals surface area contributed by atoms with E-state index in [1.807, 2.05) is 7.05 Å². The Hall–Kier alpha value is -1.37. The molecule has 0 saturated heterocycles. The summed E-state index contributed by atoms with van der Waals surface area (Å²) >= 11 is 0. The van der Waals surface area contributed by atoms with Crippen molar-refractivity contribution in [3.05, 3.63) is 30.1 Å². The van der Waals surface area contributed by atoms with Gasteiger partial charge in [-0.25, -0.2) is 0 Å². The monoisotopic (exact) mass is 322 g/mol. The molecule has 2 N–H and O–H groups in total. The summed E-state index contributed by atoms with van der Waals surface area (Å²) in [4.78, 5) is 28.7. The van der Waals surface area contributed by atoms with Crippen molar-refractivity contribution in [1.29, 1.82) is 0 Å². The average Bonchev–Trinajstić information content (AvgIpc) is 2.42. The fourth-order valence-corrected chi connectivity index (χ4v) is 1.28. The largest absolute Gasteiger partial charge is 0.343 e. The third kappa shape index (κ3) is 7.28. The van der Waals surface area contributed by atoms with Gasteiger partial charge in [0.25, 0.3) is 5.91 Å². The first kappa shape index (κ1) is 20.9. The second-order valence-electron chi connectivity index (χ2n) is 3.82. The van der Waals surface area contributed by atoms with E-state index in [2.05, 4.69) is 15.6 Å². The molecule has 1 aromatic heterocycles. The summed E-state index contributed by atoms with van der Waals surface area (Å²) in [6, 6.07) is 5.06.